The number of hydrogen-bond donors (Lipinski definition) is 1. The maximum Gasteiger partial charge on any atom is 0.416 e. The Morgan fingerprint density at radius 2 is 1.94 bits per heavy atom. The van der Waals surface area contributed by atoms with Crippen LogP contribution in [0.3, 0.4) is 0 Å². The molecule has 3 aliphatic rings. The van der Waals surface area contributed by atoms with E-state index in [1.165, 1.54) is 6.07 Å². The van der Waals surface area contributed by atoms with Crippen LogP contribution in [0.1, 0.15) is 24.0 Å². The van der Waals surface area contributed by atoms with Crippen LogP contribution in [0.25, 0.3) is 0 Å². The number of alkyl halides is 3. The molecule has 1 aromatic heterocycles. The molecule has 0 spiro atoms. The van der Waals surface area contributed by atoms with Gasteiger partial charge in [0.1, 0.15) is 0 Å². The molecule has 5 rings (SSSR count). The summed E-state index contributed by atoms with van der Waals surface area (Å²) in [4.78, 5) is 25.9. The Labute approximate surface area is 178 Å². The lowest BCUT2D eigenvalue weighted by Gasteiger charge is -2.49. The van der Waals surface area contributed by atoms with Crippen molar-refractivity contribution in [2.75, 3.05) is 36.0 Å². The quantitative estimate of drug-likeness (QED) is 0.807. The van der Waals surface area contributed by atoms with E-state index in [2.05, 4.69) is 25.1 Å². The summed E-state index contributed by atoms with van der Waals surface area (Å²) in [6.45, 7) is 2.42. The molecule has 3 heterocycles. The number of carbonyl (C=O) groups excluding carboxylic acids is 1. The number of piperazine rings is 1. The molecule has 1 N–H and O–H groups in total. The molecule has 1 aromatic carbocycles. The Hall–Kier alpha value is -2.84. The second kappa shape index (κ2) is 7.69. The molecule has 1 saturated carbocycles. The zero-order valence-electron chi connectivity index (χ0n) is 17.0. The second-order valence-corrected chi connectivity index (χ2v) is 8.60. The highest BCUT2D eigenvalue weighted by Gasteiger charge is 2.43. The number of aromatic nitrogens is 2. The van der Waals surface area contributed by atoms with Gasteiger partial charge in [0.15, 0.2) is 0 Å². The van der Waals surface area contributed by atoms with Crippen LogP contribution in [-0.4, -0.2) is 48.1 Å². The molecule has 2 aromatic rings. The van der Waals surface area contributed by atoms with Crippen molar-refractivity contribution in [3.63, 3.8) is 0 Å². The molecule has 0 radical (unpaired) electrons. The van der Waals surface area contributed by atoms with Gasteiger partial charge in [-0.2, -0.15) is 13.2 Å². The van der Waals surface area contributed by atoms with Crippen molar-refractivity contribution in [1.29, 1.82) is 0 Å². The first-order valence-corrected chi connectivity index (χ1v) is 10.7. The number of benzene rings is 1. The Bertz CT molecular complexity index is 963. The first kappa shape index (κ1) is 20.1. The first-order chi connectivity index (χ1) is 14.9. The fraction of sp³-hybridized carbons (Fsp3) is 0.500. The molecule has 0 bridgehead atoms. The van der Waals surface area contributed by atoms with Gasteiger partial charge in [-0.1, -0.05) is 0 Å². The van der Waals surface area contributed by atoms with Crippen molar-refractivity contribution in [2.24, 2.45) is 11.8 Å². The molecule has 31 heavy (non-hydrogen) atoms. The predicted octanol–water partition coefficient (Wildman–Crippen LogP) is 2.89. The summed E-state index contributed by atoms with van der Waals surface area (Å²) >= 11 is 0. The largest absolute Gasteiger partial charge is 0.416 e. The molecular formula is C22H24F3N5O. The van der Waals surface area contributed by atoms with Gasteiger partial charge in [0, 0.05) is 44.3 Å². The van der Waals surface area contributed by atoms with Gasteiger partial charge in [-0.15, -0.1) is 0 Å². The van der Waals surface area contributed by atoms with Crippen LogP contribution in [0.15, 0.2) is 36.7 Å². The van der Waals surface area contributed by atoms with E-state index in [4.69, 9.17) is 0 Å². The van der Waals surface area contributed by atoms with Crippen LogP contribution < -0.4 is 15.1 Å². The summed E-state index contributed by atoms with van der Waals surface area (Å²) in [6.07, 6.45) is 1.50. The molecular weight excluding hydrogens is 407 g/mol. The summed E-state index contributed by atoms with van der Waals surface area (Å²) in [5, 5.41) is 3.04. The average Bonchev–Trinajstić information content (AvgIpc) is 3.60. The Morgan fingerprint density at radius 3 is 2.65 bits per heavy atom. The van der Waals surface area contributed by atoms with E-state index < -0.39 is 17.7 Å². The smallest absolute Gasteiger partial charge is 0.364 e. The topological polar surface area (TPSA) is 61.4 Å². The zero-order chi connectivity index (χ0) is 21.6. The molecule has 164 valence electrons. The van der Waals surface area contributed by atoms with Gasteiger partial charge in [-0.05, 0) is 55.0 Å². The minimum atomic E-state index is -4.40. The van der Waals surface area contributed by atoms with Gasteiger partial charge < -0.3 is 15.1 Å². The molecule has 1 aliphatic carbocycles. The fourth-order valence-electron chi connectivity index (χ4n) is 4.63. The second-order valence-electron chi connectivity index (χ2n) is 8.60. The van der Waals surface area contributed by atoms with E-state index >= 15 is 0 Å². The fourth-order valence-corrected chi connectivity index (χ4v) is 4.63. The van der Waals surface area contributed by atoms with Crippen LogP contribution in [-0.2, 0) is 17.4 Å². The monoisotopic (exact) mass is 431 g/mol. The van der Waals surface area contributed by atoms with E-state index in [9.17, 15) is 18.0 Å². The lowest BCUT2D eigenvalue weighted by Crippen LogP contribution is -2.61. The summed E-state index contributed by atoms with van der Waals surface area (Å²) in [7, 11) is 0. The molecule has 6 nitrogen and oxygen atoms in total. The molecule has 2 unspecified atom stereocenters. The lowest BCUT2D eigenvalue weighted by atomic mass is 9.82. The summed E-state index contributed by atoms with van der Waals surface area (Å²) < 4.78 is 39.9. The van der Waals surface area contributed by atoms with Gasteiger partial charge >= 0.3 is 6.18 Å². The van der Waals surface area contributed by atoms with Crippen LogP contribution in [0.2, 0.25) is 0 Å². The van der Waals surface area contributed by atoms with Gasteiger partial charge in [0.25, 0.3) is 0 Å². The molecule has 2 fully saturated rings. The number of fused-ring (bicyclic) bond motifs is 3. The van der Waals surface area contributed by atoms with Crippen LogP contribution in [0, 0.1) is 11.8 Å². The van der Waals surface area contributed by atoms with Gasteiger partial charge in [0.05, 0.1) is 17.5 Å². The SMILES string of the molecule is O=C(NCC1CC1)C1Cc2cc(C(F)(F)F)ccc2N2CCN(c3ncccn3)CC12. The van der Waals surface area contributed by atoms with Crippen molar-refractivity contribution >= 4 is 17.5 Å². The number of halogens is 3. The number of amides is 1. The van der Waals surface area contributed by atoms with E-state index in [0.717, 1.165) is 24.6 Å². The Balaban J connectivity index is 1.45. The van der Waals surface area contributed by atoms with Gasteiger partial charge in [-0.3, -0.25) is 4.79 Å². The normalized spacial score (nSPS) is 23.2. The molecule has 2 aliphatic heterocycles. The number of nitrogens with one attached hydrogen (secondary N) is 1. The first-order valence-electron chi connectivity index (χ1n) is 10.7. The van der Waals surface area contributed by atoms with Crippen LogP contribution >= 0.6 is 0 Å². The number of rotatable bonds is 4. The highest BCUT2D eigenvalue weighted by molar-refractivity contribution is 5.82. The minimum absolute atomic E-state index is 0.0826. The highest BCUT2D eigenvalue weighted by atomic mass is 19.4. The predicted molar refractivity (Wildman–Crippen MR) is 110 cm³/mol. The third-order valence-electron chi connectivity index (χ3n) is 6.47. The van der Waals surface area contributed by atoms with Gasteiger partial charge in [-0.25, -0.2) is 9.97 Å². The lowest BCUT2D eigenvalue weighted by molar-refractivity contribution is -0.137. The van der Waals surface area contributed by atoms with E-state index in [0.29, 0.717) is 50.0 Å². The van der Waals surface area contributed by atoms with Crippen molar-refractivity contribution in [2.45, 2.75) is 31.5 Å². The number of nitrogens with zero attached hydrogens (tertiary/aromatic N) is 4. The number of anilines is 2. The average molecular weight is 431 g/mol. The van der Waals surface area contributed by atoms with Crippen molar-refractivity contribution < 1.29 is 18.0 Å². The standard InChI is InChI=1S/C22H24F3N5O/c23-22(24,25)16-4-5-18-15(10-16)11-17(20(31)28-12-14-2-3-14)19-13-29(8-9-30(18)19)21-26-6-1-7-27-21/h1,4-7,10,14,17,19H,2-3,8-9,11-13H2,(H,28,31). The Kier molecular flexibility index (Phi) is 4.98. The summed E-state index contributed by atoms with van der Waals surface area (Å²) in [6, 6.07) is 5.50. The molecule has 1 saturated heterocycles. The maximum atomic E-state index is 13.3. The van der Waals surface area contributed by atoms with Crippen molar-refractivity contribution in [3.8, 4) is 0 Å². The third-order valence-corrected chi connectivity index (χ3v) is 6.47. The van der Waals surface area contributed by atoms with E-state index in [1.807, 2.05) is 0 Å². The summed E-state index contributed by atoms with van der Waals surface area (Å²) in [5.74, 6) is 0.632. The maximum absolute atomic E-state index is 13.3. The van der Waals surface area contributed by atoms with Crippen molar-refractivity contribution in [3.05, 3.63) is 47.8 Å². The summed E-state index contributed by atoms with van der Waals surface area (Å²) in [5.41, 5.74) is 0.707. The molecule has 1 amide bonds. The molecule has 2 atom stereocenters. The van der Waals surface area contributed by atoms with Crippen LogP contribution in [0.5, 0.6) is 0 Å². The Morgan fingerprint density at radius 1 is 1.16 bits per heavy atom. The minimum Gasteiger partial charge on any atom is -0.364 e. The third kappa shape index (κ3) is 4.05. The van der Waals surface area contributed by atoms with Crippen molar-refractivity contribution in [1.82, 2.24) is 15.3 Å². The highest BCUT2D eigenvalue weighted by Crippen LogP contribution is 2.40. The number of carbonyl (C=O) groups is 1. The van der Waals surface area contributed by atoms with Crippen LogP contribution in [0.4, 0.5) is 24.8 Å². The van der Waals surface area contributed by atoms with Gasteiger partial charge in [0.2, 0.25) is 11.9 Å². The molecule has 9 heteroatoms. The van der Waals surface area contributed by atoms with E-state index in [-0.39, 0.29) is 11.9 Å². The number of hydrogen-bond acceptors (Lipinski definition) is 5. The van der Waals surface area contributed by atoms with E-state index in [1.54, 1.807) is 24.5 Å². The zero-order valence-corrected chi connectivity index (χ0v) is 17.0.